The van der Waals surface area contributed by atoms with E-state index in [2.05, 4.69) is 15.5 Å². The van der Waals surface area contributed by atoms with Crippen molar-refractivity contribution in [1.29, 1.82) is 0 Å². The van der Waals surface area contributed by atoms with E-state index in [9.17, 15) is 19.5 Å². The minimum Gasteiger partial charge on any atom is -0.543 e. The first-order valence-corrected chi connectivity index (χ1v) is 12.3. The van der Waals surface area contributed by atoms with Crippen LogP contribution in [0.5, 0.6) is 0 Å². The number of amides is 2. The second-order valence-electron chi connectivity index (χ2n) is 8.30. The summed E-state index contributed by atoms with van der Waals surface area (Å²) in [7, 11) is 5.17. The molecule has 0 unspecified atom stereocenters. The summed E-state index contributed by atoms with van der Waals surface area (Å²) in [6.07, 6.45) is 4.15. The first kappa shape index (κ1) is 24.2. The quantitative estimate of drug-likeness (QED) is 0.200. The Kier molecular flexibility index (Phi) is 6.66. The lowest BCUT2D eigenvalue weighted by molar-refractivity contribution is -1.06. The fourth-order valence-electron chi connectivity index (χ4n) is 3.93. The summed E-state index contributed by atoms with van der Waals surface area (Å²) in [5.41, 5.74) is 5.96. The van der Waals surface area contributed by atoms with Gasteiger partial charge in [0, 0.05) is 17.6 Å². The van der Waals surface area contributed by atoms with E-state index in [0.717, 1.165) is 29.2 Å². The van der Waals surface area contributed by atoms with Crippen molar-refractivity contribution in [3.8, 4) is 0 Å². The molecule has 0 saturated carbocycles. The zero-order valence-corrected chi connectivity index (χ0v) is 20.4. The normalized spacial score (nSPS) is 26.4. The van der Waals surface area contributed by atoms with Gasteiger partial charge in [-0.2, -0.15) is 9.48 Å². The number of carboxylic acid groups (broad SMARTS) is 1. The number of hydrogen-bond donors (Lipinski definition) is 2. The summed E-state index contributed by atoms with van der Waals surface area (Å²) < 4.78 is 0.423. The Hall–Kier alpha value is -2.94. The van der Waals surface area contributed by atoms with Crippen LogP contribution >= 0.6 is 23.1 Å². The molecule has 4 rings (SSSR count). The predicted molar refractivity (Wildman–Crippen MR) is 123 cm³/mol. The number of oxime groups is 1. The standard InChI is InChI=1S/C20H24N6O6S2/c1-26(2)7-6-11(32-26)5-4-10-8-33-18-14(17(28)25(18)15(10)19(29)30)23-16(27)13(24-31-3)12-9-34-20(21)22-12/h4-5,9,11,14,18H,6-8H2,1-3H3,(H3-,21,22,23,27,29,30)/b5-4+,24-13-/t11-,14+,18+/m0/s1. The smallest absolute Gasteiger partial charge is 0.276 e. The molecule has 3 aliphatic heterocycles. The van der Waals surface area contributed by atoms with Crippen LogP contribution in [0.4, 0.5) is 5.13 Å². The van der Waals surface area contributed by atoms with Gasteiger partial charge in [-0.3, -0.25) is 14.5 Å². The van der Waals surface area contributed by atoms with Crippen molar-refractivity contribution < 1.29 is 33.8 Å². The second-order valence-corrected chi connectivity index (χ2v) is 10.3. The highest BCUT2D eigenvalue weighted by Crippen LogP contribution is 2.40. The lowest BCUT2D eigenvalue weighted by atomic mass is 10.0. The number of fused-ring (bicyclic) bond motifs is 1. The molecule has 12 nitrogen and oxygen atoms in total. The largest absolute Gasteiger partial charge is 0.543 e. The number of thioether (sulfide) groups is 1. The van der Waals surface area contributed by atoms with Crippen molar-refractivity contribution in [2.75, 3.05) is 39.2 Å². The minimum atomic E-state index is -1.45. The fraction of sp³-hybridized carbons (Fsp3) is 0.450. The Morgan fingerprint density at radius 3 is 2.82 bits per heavy atom. The van der Waals surface area contributed by atoms with Crippen molar-refractivity contribution in [2.24, 2.45) is 5.16 Å². The van der Waals surface area contributed by atoms with Gasteiger partial charge in [-0.1, -0.05) is 11.2 Å². The van der Waals surface area contributed by atoms with Gasteiger partial charge in [0.25, 0.3) is 11.8 Å². The summed E-state index contributed by atoms with van der Waals surface area (Å²) in [6, 6.07) is -0.938. The molecule has 0 spiro atoms. The molecule has 1 aromatic rings. The number of nitrogens with two attached hydrogens (primary N) is 1. The van der Waals surface area contributed by atoms with E-state index in [4.69, 9.17) is 15.4 Å². The number of nitrogen functional groups attached to an aromatic ring is 1. The molecular formula is C20H24N6O6S2. The molecule has 34 heavy (non-hydrogen) atoms. The molecule has 3 atom stereocenters. The average Bonchev–Trinajstić information content (AvgIpc) is 3.37. The first-order valence-electron chi connectivity index (χ1n) is 10.3. The van der Waals surface area contributed by atoms with Gasteiger partial charge < -0.3 is 25.8 Å². The van der Waals surface area contributed by atoms with Crippen LogP contribution in [0.15, 0.2) is 34.0 Å². The van der Waals surface area contributed by atoms with E-state index in [1.807, 2.05) is 20.2 Å². The highest BCUT2D eigenvalue weighted by Gasteiger charge is 2.53. The fourth-order valence-corrected chi connectivity index (χ4v) is 5.79. The van der Waals surface area contributed by atoms with Gasteiger partial charge in [0.2, 0.25) is 0 Å². The molecule has 182 valence electrons. The summed E-state index contributed by atoms with van der Waals surface area (Å²) >= 11 is 2.47. The van der Waals surface area contributed by atoms with Gasteiger partial charge in [-0.15, -0.1) is 23.1 Å². The highest BCUT2D eigenvalue weighted by molar-refractivity contribution is 8.00. The maximum Gasteiger partial charge on any atom is 0.276 e. The molecule has 3 N–H and O–H groups in total. The van der Waals surface area contributed by atoms with E-state index in [1.165, 1.54) is 18.9 Å². The van der Waals surface area contributed by atoms with E-state index < -0.39 is 29.2 Å². The Balaban J connectivity index is 1.49. The number of aliphatic carboxylic acids is 1. The number of carboxylic acids is 1. The second kappa shape index (κ2) is 9.37. The van der Waals surface area contributed by atoms with Gasteiger partial charge in [0.05, 0.1) is 25.8 Å². The van der Waals surface area contributed by atoms with Crippen molar-refractivity contribution in [2.45, 2.75) is 23.9 Å². The Morgan fingerprint density at radius 1 is 1.47 bits per heavy atom. The molecule has 3 aliphatic rings. The van der Waals surface area contributed by atoms with Crippen molar-refractivity contribution in [3.05, 3.63) is 34.5 Å². The van der Waals surface area contributed by atoms with Crippen LogP contribution in [0.25, 0.3) is 0 Å². The van der Waals surface area contributed by atoms with E-state index in [0.29, 0.717) is 16.0 Å². The molecule has 2 fully saturated rings. The third kappa shape index (κ3) is 4.66. The lowest BCUT2D eigenvalue weighted by Crippen LogP contribution is -2.71. The summed E-state index contributed by atoms with van der Waals surface area (Å²) in [5.74, 6) is -2.37. The van der Waals surface area contributed by atoms with Crippen molar-refractivity contribution in [1.82, 2.24) is 15.2 Å². The molecule has 14 heteroatoms. The van der Waals surface area contributed by atoms with Crippen LogP contribution in [-0.2, 0) is 24.1 Å². The lowest BCUT2D eigenvalue weighted by Gasteiger charge is -2.50. The summed E-state index contributed by atoms with van der Waals surface area (Å²) in [6.45, 7) is 0.839. The number of allylic oxidation sites excluding steroid dienone is 1. The minimum absolute atomic E-state index is 0.139. The number of carbonyl (C=O) groups excluding carboxylic acids is 3. The Labute approximate surface area is 203 Å². The first-order chi connectivity index (χ1) is 16.1. The van der Waals surface area contributed by atoms with Gasteiger partial charge in [0.1, 0.15) is 36.9 Å². The van der Waals surface area contributed by atoms with Crippen LogP contribution in [0.1, 0.15) is 12.1 Å². The molecule has 0 radical (unpaired) electrons. The van der Waals surface area contributed by atoms with Gasteiger partial charge in [-0.25, -0.2) is 4.98 Å². The molecule has 2 amide bonds. The molecule has 0 aromatic carbocycles. The third-order valence-corrected chi connectivity index (χ3v) is 7.50. The third-order valence-electron chi connectivity index (χ3n) is 5.52. The maximum atomic E-state index is 12.9. The van der Waals surface area contributed by atoms with Crippen molar-refractivity contribution in [3.63, 3.8) is 0 Å². The summed E-state index contributed by atoms with van der Waals surface area (Å²) in [5, 5.41) is 19.4. The Bertz CT molecular complexity index is 1110. The van der Waals surface area contributed by atoms with Crippen LogP contribution < -0.4 is 16.2 Å². The number of carbonyl (C=O) groups is 3. The monoisotopic (exact) mass is 508 g/mol. The number of hydroxylamine groups is 3. The van der Waals surface area contributed by atoms with Crippen LogP contribution in [-0.4, -0.2) is 89.0 Å². The highest BCUT2D eigenvalue weighted by atomic mass is 32.2. The van der Waals surface area contributed by atoms with E-state index in [1.54, 1.807) is 11.5 Å². The average molecular weight is 509 g/mol. The Morgan fingerprint density at radius 2 is 2.24 bits per heavy atom. The number of aromatic nitrogens is 1. The number of nitrogens with zero attached hydrogens (tertiary/aromatic N) is 4. The molecule has 0 aliphatic carbocycles. The van der Waals surface area contributed by atoms with Gasteiger partial charge >= 0.3 is 0 Å². The zero-order chi connectivity index (χ0) is 24.6. The number of rotatable bonds is 7. The number of thiazole rings is 1. The van der Waals surface area contributed by atoms with E-state index >= 15 is 0 Å². The number of nitrogens with one attached hydrogen (secondary N) is 1. The van der Waals surface area contributed by atoms with E-state index in [-0.39, 0.29) is 28.3 Å². The number of β-lactam (4-membered cyclic amide) rings is 1. The van der Waals surface area contributed by atoms with Crippen LogP contribution in [0.2, 0.25) is 0 Å². The number of hydrogen-bond acceptors (Lipinski definition) is 11. The van der Waals surface area contributed by atoms with Gasteiger partial charge in [-0.05, 0) is 11.6 Å². The van der Waals surface area contributed by atoms with Crippen molar-refractivity contribution >= 4 is 51.7 Å². The zero-order valence-electron chi connectivity index (χ0n) is 18.7. The topological polar surface area (TPSA) is 159 Å². The van der Waals surface area contributed by atoms with Gasteiger partial charge in [0.15, 0.2) is 10.8 Å². The number of anilines is 1. The van der Waals surface area contributed by atoms with Crippen LogP contribution in [0.3, 0.4) is 0 Å². The molecule has 1 aromatic heterocycles. The molecule has 0 bridgehead atoms. The molecular weight excluding hydrogens is 484 g/mol. The number of quaternary nitrogens is 1. The molecule has 4 heterocycles. The SMILES string of the molecule is CO/N=C(\C(=O)N[C@@H]1C(=O)N2C(C(=O)[O-])=C(/C=C/[C@H]3CC[N+](C)(C)O3)CS[C@H]12)c1csc(N)n1. The predicted octanol–water partition coefficient (Wildman–Crippen LogP) is -1.18. The molecule has 2 saturated heterocycles. The maximum absolute atomic E-state index is 12.9. The summed E-state index contributed by atoms with van der Waals surface area (Å²) in [4.78, 5) is 53.4. The van der Waals surface area contributed by atoms with Crippen LogP contribution in [0, 0.1) is 0 Å².